The molecule has 0 fully saturated rings. The minimum Gasteiger partial charge on any atom is -0.0683 e. The molecule has 6 aliphatic rings. The van der Waals surface area contributed by atoms with Gasteiger partial charge in [0.25, 0.3) is 0 Å². The van der Waals surface area contributed by atoms with E-state index in [0.29, 0.717) is 0 Å². The van der Waals surface area contributed by atoms with Gasteiger partial charge in [-0.3, -0.25) is 0 Å². The van der Waals surface area contributed by atoms with Crippen molar-refractivity contribution in [1.82, 2.24) is 0 Å². The first-order chi connectivity index (χ1) is 55.5. The van der Waals surface area contributed by atoms with E-state index in [9.17, 15) is 0 Å². The van der Waals surface area contributed by atoms with Crippen molar-refractivity contribution in [3.63, 3.8) is 0 Å². The van der Waals surface area contributed by atoms with Crippen molar-refractivity contribution in [2.24, 2.45) is 0 Å². The number of hydrogen-bond acceptors (Lipinski definition) is 0. The smallest absolute Gasteiger partial charge is 0.00107 e. The molecule has 0 amide bonds. The normalized spacial score (nSPS) is 10.4. The summed E-state index contributed by atoms with van der Waals surface area (Å²) in [5, 5.41) is 0. The second-order valence-corrected chi connectivity index (χ2v) is 26.8. The maximum atomic E-state index is 2.31. The quantitative estimate of drug-likeness (QED) is 0.142. The van der Waals surface area contributed by atoms with Gasteiger partial charge in [0, 0.05) is 0 Å². The number of benzene rings is 12. The molecular formula is C114H156. The van der Waals surface area contributed by atoms with Crippen molar-refractivity contribution in [3.8, 4) is 66.8 Å². The summed E-state index contributed by atoms with van der Waals surface area (Å²) in [7, 11) is 0. The largest absolute Gasteiger partial charge is 0.0683 e. The Morgan fingerprint density at radius 3 is 0.702 bits per heavy atom. The molecule has 6 aliphatic carbocycles. The molecule has 114 heavy (non-hydrogen) atoms. The van der Waals surface area contributed by atoms with Crippen LogP contribution < -0.4 is 0 Å². The molecule has 0 saturated carbocycles. The van der Waals surface area contributed by atoms with Crippen LogP contribution in [0.5, 0.6) is 0 Å². The van der Waals surface area contributed by atoms with Gasteiger partial charge in [-0.25, -0.2) is 0 Å². The molecular weight excluding hydrogens is 1370 g/mol. The summed E-state index contributed by atoms with van der Waals surface area (Å²) in [6.45, 7) is 74.1. The lowest BCUT2D eigenvalue weighted by Gasteiger charge is -2.05. The van der Waals surface area contributed by atoms with E-state index < -0.39 is 0 Å². The number of rotatable bonds is 0. The first-order valence-corrected chi connectivity index (χ1v) is 44.6. The van der Waals surface area contributed by atoms with E-state index >= 15 is 0 Å². The predicted octanol–water partition coefficient (Wildman–Crippen LogP) is 35.6. The van der Waals surface area contributed by atoms with E-state index in [2.05, 4.69) is 301 Å². The third-order valence-electron chi connectivity index (χ3n) is 19.6. The first-order valence-electron chi connectivity index (χ1n) is 44.6. The van der Waals surface area contributed by atoms with Gasteiger partial charge in [0.05, 0.1) is 0 Å². The molecule has 0 radical (unpaired) electrons. The highest BCUT2D eigenvalue weighted by molar-refractivity contribution is 5.83. The third kappa shape index (κ3) is 26.9. The van der Waals surface area contributed by atoms with Gasteiger partial charge in [0.15, 0.2) is 0 Å². The van der Waals surface area contributed by atoms with Crippen LogP contribution in [-0.4, -0.2) is 0 Å². The molecule has 0 aliphatic heterocycles. The van der Waals surface area contributed by atoms with Crippen molar-refractivity contribution in [2.75, 3.05) is 0 Å². The number of fused-ring (bicyclic) bond motifs is 18. The van der Waals surface area contributed by atoms with Crippen molar-refractivity contribution in [1.29, 1.82) is 0 Å². The first kappa shape index (κ1) is 103. The van der Waals surface area contributed by atoms with E-state index in [1.165, 1.54) is 200 Å². The second kappa shape index (κ2) is 55.2. The summed E-state index contributed by atoms with van der Waals surface area (Å²) in [6, 6.07) is 80.7. The van der Waals surface area contributed by atoms with Crippen LogP contribution in [0, 0.1) is 83.1 Å². The number of aryl methyl sites for hydroxylation is 12. The van der Waals surface area contributed by atoms with Gasteiger partial charge in [-0.1, -0.05) is 429 Å². The van der Waals surface area contributed by atoms with Crippen molar-refractivity contribution < 1.29 is 0 Å². The van der Waals surface area contributed by atoms with Crippen molar-refractivity contribution in [2.45, 2.75) is 288 Å². The van der Waals surface area contributed by atoms with Crippen LogP contribution in [0.25, 0.3) is 66.8 Å². The van der Waals surface area contributed by atoms with Crippen LogP contribution in [-0.2, 0) is 38.5 Å². The Morgan fingerprint density at radius 1 is 0.140 bits per heavy atom. The van der Waals surface area contributed by atoms with Gasteiger partial charge < -0.3 is 0 Å². The Hall–Kier alpha value is -9.36. The molecule has 0 aromatic heterocycles. The van der Waals surface area contributed by atoms with Crippen LogP contribution in [0.3, 0.4) is 0 Å². The van der Waals surface area contributed by atoms with Crippen LogP contribution >= 0.6 is 0 Å². The lowest BCUT2D eigenvalue weighted by molar-refractivity contribution is 1.21. The summed E-state index contributed by atoms with van der Waals surface area (Å²) in [4.78, 5) is 0. The molecule has 18 rings (SSSR count). The van der Waals surface area contributed by atoms with Crippen molar-refractivity contribution in [3.05, 3.63) is 352 Å². The number of hydrogen-bond donors (Lipinski definition) is 0. The Labute approximate surface area is 701 Å². The van der Waals surface area contributed by atoms with Crippen LogP contribution in [0.4, 0.5) is 0 Å². The average molecular weight is 1530 g/mol. The fraction of sp³-hybridized carbons (Fsp3) is 0.368. The Morgan fingerprint density at radius 2 is 0.351 bits per heavy atom. The maximum Gasteiger partial charge on any atom is -0.00107 e. The molecule has 0 spiro atoms. The average Bonchev–Trinajstić information content (AvgIpc) is 1.61. The topological polar surface area (TPSA) is 0 Å². The summed E-state index contributed by atoms with van der Waals surface area (Å²) in [5.41, 5.74) is 51.6. The predicted molar refractivity (Wildman–Crippen MR) is 521 cm³/mol. The van der Waals surface area contributed by atoms with Gasteiger partial charge in [0.2, 0.25) is 0 Å². The maximum absolute atomic E-state index is 2.31. The molecule has 0 N–H and O–H groups in total. The lowest BCUT2D eigenvalue weighted by atomic mass is 9.99. The molecule has 12 aromatic rings. The SMILES string of the molecule is CC.CC.CC.CC.CC.CC.CC.CC.CC.CC.CC.CC.Cc1ccc2c(c1)-c1cccc(C)c1C2.Cc1ccc2c(c1)Cc1cc(C)ccc1-2.Cc1ccc2c(c1)Cc1ccc(C)cc1-2.Cc1ccc2c(c1)Cc1ccc(C)cc1-2.Cc1ccc2c(c1)Cc1cccc(C)c1-2.Cc1cccc2c1Cc1cccc(C)c1-2. The summed E-state index contributed by atoms with van der Waals surface area (Å²) >= 11 is 0. The van der Waals surface area contributed by atoms with E-state index in [-0.39, 0.29) is 0 Å². The summed E-state index contributed by atoms with van der Waals surface area (Å²) < 4.78 is 0. The Balaban J connectivity index is 0.000000648. The Bertz CT molecular complexity index is 4630. The highest BCUT2D eigenvalue weighted by atomic mass is 14.3. The van der Waals surface area contributed by atoms with Crippen molar-refractivity contribution >= 4 is 0 Å². The zero-order valence-corrected chi connectivity index (χ0v) is 79.0. The van der Waals surface area contributed by atoms with E-state index in [4.69, 9.17) is 0 Å². The highest BCUT2D eigenvalue weighted by Crippen LogP contribution is 2.44. The molecule has 0 nitrogen and oxygen atoms in total. The lowest BCUT2D eigenvalue weighted by Crippen LogP contribution is -1.84. The van der Waals surface area contributed by atoms with E-state index in [0.717, 1.165) is 38.5 Å². The minimum atomic E-state index is 1.10. The van der Waals surface area contributed by atoms with Gasteiger partial charge in [-0.05, 0) is 277 Å². The van der Waals surface area contributed by atoms with Gasteiger partial charge in [-0.15, -0.1) is 0 Å². The van der Waals surface area contributed by atoms with Crippen LogP contribution in [0.2, 0.25) is 0 Å². The summed E-state index contributed by atoms with van der Waals surface area (Å²) in [6.07, 6.45) is 6.64. The minimum absolute atomic E-state index is 1.10. The zero-order chi connectivity index (χ0) is 86.5. The second-order valence-electron chi connectivity index (χ2n) is 26.8. The van der Waals surface area contributed by atoms with Gasteiger partial charge >= 0.3 is 0 Å². The summed E-state index contributed by atoms with van der Waals surface area (Å²) in [5.74, 6) is 0. The fourth-order valence-corrected chi connectivity index (χ4v) is 15.0. The monoisotopic (exact) mass is 1530 g/mol. The highest BCUT2D eigenvalue weighted by Gasteiger charge is 2.24. The van der Waals surface area contributed by atoms with Gasteiger partial charge in [-0.2, -0.15) is 0 Å². The fourth-order valence-electron chi connectivity index (χ4n) is 15.0. The van der Waals surface area contributed by atoms with E-state index in [1.807, 2.05) is 166 Å². The molecule has 612 valence electrons. The molecule has 0 bridgehead atoms. The zero-order valence-electron chi connectivity index (χ0n) is 79.0. The van der Waals surface area contributed by atoms with Gasteiger partial charge in [0.1, 0.15) is 0 Å². The molecule has 0 heterocycles. The Kier molecular flexibility index (Phi) is 49.7. The molecule has 0 unspecified atom stereocenters. The van der Waals surface area contributed by atoms with Crippen LogP contribution in [0.15, 0.2) is 218 Å². The molecule has 0 saturated heterocycles. The standard InChI is InChI=1S/6C15H14.12C2H6/c1-10-5-4-8-13-14(10)9-12-7-3-6-11(2)15(12)13;2*1-10-4-6-14-13(7-10)9-12-5-3-11(2)8-15(12)14;1-10-3-5-14-12(7-10)9-13-8-11(2)4-6-15(13)14;1-10-6-7-12-9-14-11(2)4-3-5-13(14)15(12)8-10;1-10-6-7-14-13(8-10)9-12-5-3-4-11(2)15(12)14;12*1-2/h6*3-8H,9H2,1-2H3;12*1-2H3. The third-order valence-corrected chi connectivity index (χ3v) is 19.6. The van der Waals surface area contributed by atoms with E-state index in [1.54, 1.807) is 0 Å². The molecule has 0 heteroatoms. The molecule has 0 atom stereocenters. The van der Waals surface area contributed by atoms with Crippen LogP contribution in [0.1, 0.15) is 300 Å². The molecule has 12 aromatic carbocycles.